The average Bonchev–Trinajstić information content (AvgIpc) is 2.37. The number of hydrogen-bond acceptors (Lipinski definition) is 3. The van der Waals surface area contributed by atoms with Gasteiger partial charge in [0.15, 0.2) is 0 Å². The summed E-state index contributed by atoms with van der Waals surface area (Å²) in [7, 11) is 1.20. The molecule has 106 valence electrons. The molecule has 0 aromatic heterocycles. The number of hydrogen-bond donors (Lipinski definition) is 1. The summed E-state index contributed by atoms with van der Waals surface area (Å²) in [5.74, 6) is -0.534. The van der Waals surface area contributed by atoms with E-state index in [4.69, 9.17) is 0 Å². The number of methoxy groups -OCH3 is 1. The van der Waals surface area contributed by atoms with Crippen LogP contribution in [-0.4, -0.2) is 31.8 Å². The molecule has 0 unspecified atom stereocenters. The SMILES string of the molecule is COC(=O)CCN[C@H](Cc1ccccc1)C(F)(F)F. The molecule has 1 aromatic carbocycles. The van der Waals surface area contributed by atoms with Crippen LogP contribution in [0.4, 0.5) is 13.2 Å². The molecule has 0 spiro atoms. The number of nitrogens with one attached hydrogen (secondary N) is 1. The molecule has 0 aliphatic rings. The van der Waals surface area contributed by atoms with Gasteiger partial charge in [0.05, 0.1) is 13.5 Å². The van der Waals surface area contributed by atoms with Gasteiger partial charge >= 0.3 is 12.1 Å². The minimum atomic E-state index is -4.36. The Balaban J connectivity index is 2.56. The third-order valence-corrected chi connectivity index (χ3v) is 2.63. The minimum absolute atomic E-state index is 0.0658. The van der Waals surface area contributed by atoms with Crippen molar-refractivity contribution in [3.8, 4) is 0 Å². The van der Waals surface area contributed by atoms with Crippen LogP contribution in [0.1, 0.15) is 12.0 Å². The molecule has 1 atom stereocenters. The van der Waals surface area contributed by atoms with Crippen molar-refractivity contribution in [2.75, 3.05) is 13.7 Å². The van der Waals surface area contributed by atoms with E-state index in [1.54, 1.807) is 30.3 Å². The van der Waals surface area contributed by atoms with Gasteiger partial charge in [-0.3, -0.25) is 4.79 Å². The van der Waals surface area contributed by atoms with Crippen molar-refractivity contribution < 1.29 is 22.7 Å². The zero-order valence-corrected chi connectivity index (χ0v) is 10.5. The van der Waals surface area contributed by atoms with Gasteiger partial charge in [-0.2, -0.15) is 13.2 Å². The zero-order valence-electron chi connectivity index (χ0n) is 10.5. The van der Waals surface area contributed by atoms with Crippen LogP contribution in [0.25, 0.3) is 0 Å². The summed E-state index contributed by atoms with van der Waals surface area (Å²) < 4.78 is 42.9. The quantitative estimate of drug-likeness (QED) is 0.810. The number of benzene rings is 1. The summed E-state index contributed by atoms with van der Waals surface area (Å²) in [4.78, 5) is 10.9. The van der Waals surface area contributed by atoms with E-state index in [1.807, 2.05) is 0 Å². The molecule has 19 heavy (non-hydrogen) atoms. The summed E-state index contributed by atoms with van der Waals surface area (Å²) >= 11 is 0. The van der Waals surface area contributed by atoms with Gasteiger partial charge in [0, 0.05) is 6.54 Å². The summed E-state index contributed by atoms with van der Waals surface area (Å²) in [6.07, 6.45) is -4.60. The number of halogens is 3. The molecule has 6 heteroatoms. The van der Waals surface area contributed by atoms with E-state index in [1.165, 1.54) is 7.11 Å². The number of carbonyl (C=O) groups excluding carboxylic acids is 1. The first kappa shape index (κ1) is 15.5. The summed E-state index contributed by atoms with van der Waals surface area (Å²) in [5.41, 5.74) is 0.593. The fourth-order valence-corrected chi connectivity index (χ4v) is 1.60. The molecular weight excluding hydrogens is 259 g/mol. The molecule has 1 N–H and O–H groups in total. The fraction of sp³-hybridized carbons (Fsp3) is 0.462. The summed E-state index contributed by atoms with van der Waals surface area (Å²) in [5, 5.41) is 2.35. The van der Waals surface area contributed by atoms with Crippen LogP contribution < -0.4 is 5.32 Å². The largest absolute Gasteiger partial charge is 0.469 e. The molecule has 0 saturated heterocycles. The van der Waals surface area contributed by atoms with Gasteiger partial charge in [-0.05, 0) is 12.0 Å². The fourth-order valence-electron chi connectivity index (χ4n) is 1.60. The Morgan fingerprint density at radius 3 is 2.47 bits per heavy atom. The highest BCUT2D eigenvalue weighted by Gasteiger charge is 2.39. The van der Waals surface area contributed by atoms with Crippen molar-refractivity contribution >= 4 is 5.97 Å². The minimum Gasteiger partial charge on any atom is -0.469 e. The van der Waals surface area contributed by atoms with Crippen LogP contribution in [0.3, 0.4) is 0 Å². The monoisotopic (exact) mass is 275 g/mol. The van der Waals surface area contributed by atoms with Crippen molar-refractivity contribution in [3.05, 3.63) is 35.9 Å². The van der Waals surface area contributed by atoms with Crippen LogP contribution in [0.2, 0.25) is 0 Å². The maximum atomic E-state index is 12.8. The van der Waals surface area contributed by atoms with Gasteiger partial charge in [0.2, 0.25) is 0 Å². The van der Waals surface area contributed by atoms with Crippen molar-refractivity contribution in [2.45, 2.75) is 25.1 Å². The lowest BCUT2D eigenvalue weighted by molar-refractivity contribution is -0.156. The molecule has 1 aromatic rings. The van der Waals surface area contributed by atoms with Crippen LogP contribution in [-0.2, 0) is 16.0 Å². The molecule has 3 nitrogen and oxygen atoms in total. The molecule has 0 saturated carbocycles. The van der Waals surface area contributed by atoms with E-state index in [2.05, 4.69) is 10.1 Å². The van der Waals surface area contributed by atoms with E-state index < -0.39 is 18.2 Å². The maximum absolute atomic E-state index is 12.8. The lowest BCUT2D eigenvalue weighted by atomic mass is 10.1. The van der Waals surface area contributed by atoms with Crippen LogP contribution in [0, 0.1) is 0 Å². The van der Waals surface area contributed by atoms with Gasteiger partial charge in [-0.15, -0.1) is 0 Å². The van der Waals surface area contributed by atoms with Gasteiger partial charge in [0.25, 0.3) is 0 Å². The van der Waals surface area contributed by atoms with E-state index in [-0.39, 0.29) is 19.4 Å². The summed E-state index contributed by atoms with van der Waals surface area (Å²) in [6, 6.07) is 6.74. The Bertz CT molecular complexity index is 393. The number of alkyl halides is 3. The molecular formula is C13H16F3NO2. The molecule has 0 heterocycles. The van der Waals surface area contributed by atoms with Gasteiger partial charge in [0.1, 0.15) is 6.04 Å². The lowest BCUT2D eigenvalue weighted by Gasteiger charge is -2.21. The molecule has 0 radical (unpaired) electrons. The smallest absolute Gasteiger partial charge is 0.404 e. The van der Waals surface area contributed by atoms with E-state index in [9.17, 15) is 18.0 Å². The molecule has 0 bridgehead atoms. The Morgan fingerprint density at radius 1 is 1.32 bits per heavy atom. The Hall–Kier alpha value is -1.56. The second-order valence-electron chi connectivity index (χ2n) is 4.06. The van der Waals surface area contributed by atoms with Crippen molar-refractivity contribution in [1.82, 2.24) is 5.32 Å². The molecule has 0 amide bonds. The topological polar surface area (TPSA) is 38.3 Å². The number of esters is 1. The van der Waals surface area contributed by atoms with Gasteiger partial charge < -0.3 is 10.1 Å². The molecule has 0 aliphatic carbocycles. The second-order valence-corrected chi connectivity index (χ2v) is 4.06. The molecule has 1 rings (SSSR count). The van der Waals surface area contributed by atoms with Crippen LogP contribution in [0.5, 0.6) is 0 Å². The highest BCUT2D eigenvalue weighted by molar-refractivity contribution is 5.69. The van der Waals surface area contributed by atoms with Crippen molar-refractivity contribution in [3.63, 3.8) is 0 Å². The van der Waals surface area contributed by atoms with Crippen LogP contribution >= 0.6 is 0 Å². The number of rotatable bonds is 6. The predicted octanol–water partition coefficient (Wildman–Crippen LogP) is 2.31. The first-order chi connectivity index (χ1) is 8.93. The molecule has 0 fully saturated rings. The van der Waals surface area contributed by atoms with E-state index in [0.29, 0.717) is 5.56 Å². The third kappa shape index (κ3) is 5.74. The second kappa shape index (κ2) is 7.13. The highest BCUT2D eigenvalue weighted by Crippen LogP contribution is 2.23. The third-order valence-electron chi connectivity index (χ3n) is 2.63. The highest BCUT2D eigenvalue weighted by atomic mass is 19.4. The Labute approximate surface area is 109 Å². The summed E-state index contributed by atoms with van der Waals surface area (Å²) in [6.45, 7) is -0.0658. The van der Waals surface area contributed by atoms with Gasteiger partial charge in [-0.1, -0.05) is 30.3 Å². The first-order valence-electron chi connectivity index (χ1n) is 5.84. The Kier molecular flexibility index (Phi) is 5.82. The van der Waals surface area contributed by atoms with Crippen LogP contribution in [0.15, 0.2) is 30.3 Å². The average molecular weight is 275 g/mol. The zero-order chi connectivity index (χ0) is 14.3. The lowest BCUT2D eigenvalue weighted by Crippen LogP contribution is -2.44. The maximum Gasteiger partial charge on any atom is 0.404 e. The van der Waals surface area contributed by atoms with Crippen molar-refractivity contribution in [1.29, 1.82) is 0 Å². The predicted molar refractivity (Wildman–Crippen MR) is 64.6 cm³/mol. The van der Waals surface area contributed by atoms with Gasteiger partial charge in [-0.25, -0.2) is 0 Å². The standard InChI is InChI=1S/C13H16F3NO2/c1-19-12(18)7-8-17-11(13(14,15)16)9-10-5-3-2-4-6-10/h2-6,11,17H,7-9H2,1H3/t11-/m1/s1. The first-order valence-corrected chi connectivity index (χ1v) is 5.84. The number of ether oxygens (including phenoxy) is 1. The van der Waals surface area contributed by atoms with Crippen molar-refractivity contribution in [2.24, 2.45) is 0 Å². The normalized spacial score (nSPS) is 13.1. The Morgan fingerprint density at radius 2 is 1.95 bits per heavy atom. The van der Waals surface area contributed by atoms with E-state index in [0.717, 1.165) is 0 Å². The van der Waals surface area contributed by atoms with E-state index >= 15 is 0 Å². The molecule has 0 aliphatic heterocycles. The number of carbonyl (C=O) groups is 1.